The molecule has 1 heterocycles. The normalized spacial score (nSPS) is 14.5. The lowest BCUT2D eigenvalue weighted by atomic mass is 10.2. The predicted octanol–water partition coefficient (Wildman–Crippen LogP) is 2.78. The fraction of sp³-hybridized carbons (Fsp3) is 0.300. The third-order valence-corrected chi connectivity index (χ3v) is 5.87. The smallest absolute Gasteiger partial charge is 0.368 e. The summed E-state index contributed by atoms with van der Waals surface area (Å²) in [7, 11) is -3.51. The van der Waals surface area contributed by atoms with Gasteiger partial charge in [0.1, 0.15) is 5.82 Å². The van der Waals surface area contributed by atoms with Crippen molar-refractivity contribution in [1.82, 2.24) is 15.0 Å². The zero-order valence-corrected chi connectivity index (χ0v) is 17.1. The van der Waals surface area contributed by atoms with Crippen molar-refractivity contribution in [3.8, 4) is 0 Å². The first-order valence-corrected chi connectivity index (χ1v) is 11.0. The van der Waals surface area contributed by atoms with Crippen molar-refractivity contribution in [3.05, 3.63) is 59.8 Å². The van der Waals surface area contributed by atoms with E-state index in [-0.39, 0.29) is 35.8 Å². The second-order valence-electron chi connectivity index (χ2n) is 6.95. The number of amides is 1. The van der Waals surface area contributed by atoms with Crippen molar-refractivity contribution >= 4 is 27.8 Å². The summed E-state index contributed by atoms with van der Waals surface area (Å²) >= 11 is 0. The van der Waals surface area contributed by atoms with E-state index in [0.717, 1.165) is 25.1 Å². The molecule has 0 aliphatic heterocycles. The zero-order valence-electron chi connectivity index (χ0n) is 16.3. The van der Waals surface area contributed by atoms with E-state index in [2.05, 4.69) is 20.3 Å². The van der Waals surface area contributed by atoms with E-state index in [0.29, 0.717) is 5.56 Å². The molecule has 1 saturated carbocycles. The van der Waals surface area contributed by atoms with Crippen LogP contribution in [-0.2, 0) is 21.0 Å². The first kappa shape index (κ1) is 22.8. The van der Waals surface area contributed by atoms with Gasteiger partial charge in [-0.3, -0.25) is 4.79 Å². The number of hydrogen-bond donors (Lipinski definition) is 3. The molecule has 2 aromatic rings. The van der Waals surface area contributed by atoms with Gasteiger partial charge in [-0.05, 0) is 48.7 Å². The molecule has 0 unspecified atom stereocenters. The Morgan fingerprint density at radius 2 is 1.81 bits per heavy atom. The maximum absolute atomic E-state index is 12.5. The lowest BCUT2D eigenvalue weighted by Crippen LogP contribution is -2.27. The van der Waals surface area contributed by atoms with Crippen LogP contribution in [0.4, 0.5) is 19.0 Å². The van der Waals surface area contributed by atoms with E-state index in [1.165, 1.54) is 24.3 Å². The molecule has 3 rings (SSSR count). The van der Waals surface area contributed by atoms with Gasteiger partial charge in [-0.15, -0.1) is 0 Å². The van der Waals surface area contributed by atoms with E-state index < -0.39 is 21.8 Å². The van der Waals surface area contributed by atoms with Crippen molar-refractivity contribution < 1.29 is 26.4 Å². The minimum absolute atomic E-state index is 0.0257. The van der Waals surface area contributed by atoms with Gasteiger partial charge in [0.25, 0.3) is 0 Å². The van der Waals surface area contributed by atoms with Crippen molar-refractivity contribution in [3.63, 3.8) is 0 Å². The number of benzene rings is 1. The fourth-order valence-corrected chi connectivity index (χ4v) is 3.82. The molecular formula is C20H21F3N4O3S. The second-order valence-corrected chi connectivity index (χ2v) is 8.66. The van der Waals surface area contributed by atoms with Crippen molar-refractivity contribution in [2.24, 2.45) is 0 Å². The highest BCUT2D eigenvalue weighted by Crippen LogP contribution is 2.28. The Morgan fingerprint density at radius 3 is 2.39 bits per heavy atom. The molecule has 31 heavy (non-hydrogen) atoms. The molecule has 1 aromatic heterocycles. The van der Waals surface area contributed by atoms with Crippen LogP contribution >= 0.6 is 0 Å². The molecule has 166 valence electrons. The quantitative estimate of drug-likeness (QED) is 0.400. The van der Waals surface area contributed by atoms with Gasteiger partial charge in [0.15, 0.2) is 0 Å². The van der Waals surface area contributed by atoms with Crippen LogP contribution in [0, 0.1) is 0 Å². The summed E-state index contributed by atoms with van der Waals surface area (Å²) in [5, 5.41) is 5.43. The molecule has 0 atom stereocenters. The Balaban J connectivity index is 1.41. The number of sulfonamides is 1. The molecule has 0 bridgehead atoms. The zero-order chi connectivity index (χ0) is 22.5. The number of halogens is 3. The van der Waals surface area contributed by atoms with Crippen LogP contribution in [0.25, 0.3) is 6.08 Å². The van der Waals surface area contributed by atoms with E-state index in [1.807, 2.05) is 0 Å². The summed E-state index contributed by atoms with van der Waals surface area (Å²) in [5.41, 5.74) is -0.172. The number of alkyl halides is 3. The Bertz CT molecular complexity index is 1030. The standard InChI is InChI=1S/C20H21F3N4O3S/c21-20(22,23)15-4-9-18(26-13-15)24-11-12-25-19(28)10-3-14-1-7-17(8-2-14)31(29,30)27-16-5-6-16/h1-4,7-10,13,16,27H,5-6,11-12H2,(H,24,26)(H,25,28). The van der Waals surface area contributed by atoms with Gasteiger partial charge in [-0.25, -0.2) is 18.1 Å². The Hall–Kier alpha value is -2.92. The maximum atomic E-state index is 12.5. The number of carbonyl (C=O) groups excluding carboxylic acids is 1. The van der Waals surface area contributed by atoms with Gasteiger partial charge in [0, 0.05) is 31.4 Å². The van der Waals surface area contributed by atoms with Crippen molar-refractivity contribution in [1.29, 1.82) is 0 Å². The summed E-state index contributed by atoms with van der Waals surface area (Å²) in [5.74, 6) is -0.0988. The number of anilines is 1. The maximum Gasteiger partial charge on any atom is 0.417 e. The summed E-state index contributed by atoms with van der Waals surface area (Å²) in [6.45, 7) is 0.508. The van der Waals surface area contributed by atoms with E-state index >= 15 is 0 Å². The largest absolute Gasteiger partial charge is 0.417 e. The van der Waals surface area contributed by atoms with Gasteiger partial charge < -0.3 is 10.6 Å². The summed E-state index contributed by atoms with van der Waals surface area (Å²) in [6.07, 6.45) is 0.861. The van der Waals surface area contributed by atoms with Crippen LogP contribution in [0.3, 0.4) is 0 Å². The SMILES string of the molecule is O=C(C=Cc1ccc(S(=O)(=O)NC2CC2)cc1)NCCNc1ccc(C(F)(F)F)cn1. The third kappa shape index (κ3) is 7.07. The predicted molar refractivity (Wildman–Crippen MR) is 110 cm³/mol. The molecular weight excluding hydrogens is 433 g/mol. The number of pyridine rings is 1. The van der Waals surface area contributed by atoms with Crippen molar-refractivity contribution in [2.45, 2.75) is 30.0 Å². The number of aromatic nitrogens is 1. The first-order chi connectivity index (χ1) is 14.6. The lowest BCUT2D eigenvalue weighted by Gasteiger charge is -2.08. The number of nitrogens with zero attached hydrogens (tertiary/aromatic N) is 1. The number of carbonyl (C=O) groups is 1. The van der Waals surface area contributed by atoms with E-state index in [9.17, 15) is 26.4 Å². The molecule has 0 radical (unpaired) electrons. The topological polar surface area (TPSA) is 100 Å². The van der Waals surface area contributed by atoms with Gasteiger partial charge in [0.05, 0.1) is 10.5 Å². The fourth-order valence-electron chi connectivity index (χ4n) is 2.52. The second kappa shape index (κ2) is 9.48. The minimum Gasteiger partial charge on any atom is -0.368 e. The number of rotatable bonds is 9. The first-order valence-electron chi connectivity index (χ1n) is 9.49. The van der Waals surface area contributed by atoms with Gasteiger partial charge >= 0.3 is 6.18 Å². The molecule has 11 heteroatoms. The highest BCUT2D eigenvalue weighted by Gasteiger charge is 2.30. The molecule has 1 aliphatic rings. The van der Waals surface area contributed by atoms with Crippen molar-refractivity contribution in [2.75, 3.05) is 18.4 Å². The summed E-state index contributed by atoms with van der Waals surface area (Å²) in [4.78, 5) is 15.7. The highest BCUT2D eigenvalue weighted by molar-refractivity contribution is 7.89. The lowest BCUT2D eigenvalue weighted by molar-refractivity contribution is -0.137. The summed E-state index contributed by atoms with van der Waals surface area (Å²) in [6, 6.07) is 8.32. The molecule has 1 fully saturated rings. The van der Waals surface area contributed by atoms with Gasteiger partial charge in [0.2, 0.25) is 15.9 Å². The Labute approximate surface area is 177 Å². The molecule has 1 amide bonds. The molecule has 0 saturated heterocycles. The number of nitrogens with one attached hydrogen (secondary N) is 3. The molecule has 0 spiro atoms. The van der Waals surface area contributed by atoms with Gasteiger partial charge in [-0.1, -0.05) is 12.1 Å². The minimum atomic E-state index is -4.44. The van der Waals surface area contributed by atoms with Crippen LogP contribution in [0.1, 0.15) is 24.0 Å². The average Bonchev–Trinajstić information content (AvgIpc) is 3.53. The Morgan fingerprint density at radius 1 is 1.10 bits per heavy atom. The van der Waals surface area contributed by atoms with E-state index in [4.69, 9.17) is 0 Å². The Kier molecular flexibility index (Phi) is 6.96. The van der Waals surface area contributed by atoms with Crippen LogP contribution in [0.5, 0.6) is 0 Å². The van der Waals surface area contributed by atoms with Crippen LogP contribution in [0.2, 0.25) is 0 Å². The molecule has 3 N–H and O–H groups in total. The van der Waals surface area contributed by atoms with Crippen LogP contribution in [-0.4, -0.2) is 38.4 Å². The average molecular weight is 454 g/mol. The molecule has 7 nitrogen and oxygen atoms in total. The summed E-state index contributed by atoms with van der Waals surface area (Å²) < 4.78 is 64.3. The van der Waals surface area contributed by atoms with Crippen LogP contribution in [0.15, 0.2) is 53.6 Å². The monoisotopic (exact) mass is 454 g/mol. The molecule has 1 aromatic carbocycles. The van der Waals surface area contributed by atoms with Crippen LogP contribution < -0.4 is 15.4 Å². The number of hydrogen-bond acceptors (Lipinski definition) is 5. The van der Waals surface area contributed by atoms with E-state index in [1.54, 1.807) is 18.2 Å². The third-order valence-electron chi connectivity index (χ3n) is 4.34. The van der Waals surface area contributed by atoms with Gasteiger partial charge in [-0.2, -0.15) is 13.2 Å². The highest BCUT2D eigenvalue weighted by atomic mass is 32.2. The molecule has 1 aliphatic carbocycles.